The Morgan fingerprint density at radius 2 is 1.94 bits per heavy atom. The van der Waals surface area contributed by atoms with Crippen LogP contribution in [0.4, 0.5) is 5.69 Å². The Labute approximate surface area is 205 Å². The van der Waals surface area contributed by atoms with Crippen LogP contribution in [0, 0.1) is 5.92 Å². The predicted molar refractivity (Wildman–Crippen MR) is 142 cm³/mol. The number of benzene rings is 2. The van der Waals surface area contributed by atoms with Crippen LogP contribution in [0.1, 0.15) is 24.4 Å². The van der Waals surface area contributed by atoms with Crippen molar-refractivity contribution in [3.63, 3.8) is 0 Å². The van der Waals surface area contributed by atoms with Crippen LogP contribution in [0.25, 0.3) is 33.1 Å². The number of fused-ring (bicyclic) bond motifs is 2. The molecule has 1 N–H and O–H groups in total. The van der Waals surface area contributed by atoms with Crippen molar-refractivity contribution >= 4 is 27.6 Å². The molecule has 2 unspecified atom stereocenters. The van der Waals surface area contributed by atoms with Gasteiger partial charge >= 0.3 is 0 Å². The van der Waals surface area contributed by atoms with Gasteiger partial charge in [0, 0.05) is 61.3 Å². The largest absolute Gasteiger partial charge is 0.378 e. The molecule has 1 aliphatic heterocycles. The summed E-state index contributed by atoms with van der Waals surface area (Å²) >= 11 is 0. The fraction of sp³-hybridized carbons (Fsp3) is 0.276. The molecule has 0 saturated carbocycles. The maximum atomic E-state index is 4.71. The van der Waals surface area contributed by atoms with Crippen molar-refractivity contribution in [1.29, 1.82) is 0 Å². The number of anilines is 1. The van der Waals surface area contributed by atoms with Crippen molar-refractivity contribution in [3.8, 4) is 11.1 Å². The van der Waals surface area contributed by atoms with Gasteiger partial charge in [-0.2, -0.15) is 0 Å². The Morgan fingerprint density at radius 3 is 2.77 bits per heavy atom. The van der Waals surface area contributed by atoms with Gasteiger partial charge in [0.2, 0.25) is 0 Å². The van der Waals surface area contributed by atoms with E-state index in [2.05, 4.69) is 87.5 Å². The Hall–Kier alpha value is -3.77. The van der Waals surface area contributed by atoms with Crippen LogP contribution in [-0.4, -0.2) is 44.6 Å². The van der Waals surface area contributed by atoms with Gasteiger partial charge in [-0.3, -0.25) is 15.0 Å². The summed E-state index contributed by atoms with van der Waals surface area (Å²) in [5.74, 6) is 0.664. The normalized spacial score (nSPS) is 17.3. The summed E-state index contributed by atoms with van der Waals surface area (Å²) in [5.41, 5.74) is 7.52. The number of aromatic nitrogens is 4. The Kier molecular flexibility index (Phi) is 5.66. The van der Waals surface area contributed by atoms with Crippen LogP contribution in [0.15, 0.2) is 79.5 Å². The first kappa shape index (κ1) is 21.7. The van der Waals surface area contributed by atoms with E-state index in [1.165, 1.54) is 29.4 Å². The molecule has 0 radical (unpaired) electrons. The first-order valence-corrected chi connectivity index (χ1v) is 12.3. The lowest BCUT2D eigenvalue weighted by atomic mass is 9.94. The molecule has 35 heavy (non-hydrogen) atoms. The van der Waals surface area contributed by atoms with E-state index in [0.717, 1.165) is 40.8 Å². The summed E-state index contributed by atoms with van der Waals surface area (Å²) in [6.45, 7) is 2.31. The summed E-state index contributed by atoms with van der Waals surface area (Å²) in [5, 5.41) is 5.09. The molecular weight excluding hydrogens is 432 g/mol. The Balaban J connectivity index is 1.41. The molecule has 0 spiro atoms. The Bertz CT molecular complexity index is 1480. The number of aryl methyl sites for hydroxylation is 1. The highest BCUT2D eigenvalue weighted by Gasteiger charge is 2.24. The molecule has 2 atom stereocenters. The number of hydrogen-bond acceptors (Lipinski definition) is 5. The van der Waals surface area contributed by atoms with Gasteiger partial charge in [-0.25, -0.2) is 0 Å². The van der Waals surface area contributed by atoms with Crippen LogP contribution < -0.4 is 5.32 Å². The lowest BCUT2D eigenvalue weighted by molar-refractivity contribution is 0.381. The van der Waals surface area contributed by atoms with Gasteiger partial charge in [0.15, 0.2) is 0 Å². The van der Waals surface area contributed by atoms with Crippen molar-refractivity contribution < 1.29 is 0 Å². The van der Waals surface area contributed by atoms with E-state index in [4.69, 9.17) is 4.98 Å². The van der Waals surface area contributed by atoms with Crippen molar-refractivity contribution in [3.05, 3.63) is 85.1 Å². The lowest BCUT2D eigenvalue weighted by Gasteiger charge is -2.24. The number of hydrogen-bond donors (Lipinski definition) is 1. The fourth-order valence-electron chi connectivity index (χ4n) is 5.42. The molecule has 5 aromatic rings. The predicted octanol–water partition coefficient (Wildman–Crippen LogP) is 5.68. The van der Waals surface area contributed by atoms with Crippen LogP contribution in [0.2, 0.25) is 0 Å². The zero-order chi connectivity index (χ0) is 23.8. The minimum atomic E-state index is 0.178. The average molecular weight is 463 g/mol. The van der Waals surface area contributed by atoms with E-state index in [-0.39, 0.29) is 6.04 Å². The third-order valence-corrected chi connectivity index (χ3v) is 7.26. The highest BCUT2D eigenvalue weighted by molar-refractivity contribution is 5.97. The molecule has 3 aromatic heterocycles. The van der Waals surface area contributed by atoms with E-state index in [0.29, 0.717) is 5.92 Å². The number of rotatable bonds is 6. The standard InChI is InChI=1S/C29H30N6/c1-34-12-7-20(19-34)14-26(23-4-3-9-30-18-23)33-24-16-25(29-27(17-24)31-10-11-32-29)22-6-5-21-8-13-35(2)28(21)15-22/h3-6,8-11,13,15-18,20,26,33H,7,12,14,19H2,1-2H3. The SMILES string of the molecule is CN1CCC(CC(Nc2cc(-c3ccc4ccn(C)c4c3)c3nccnc3c2)c2cccnc2)C1. The topological polar surface area (TPSA) is 58.9 Å². The van der Waals surface area contributed by atoms with Gasteiger partial charge in [-0.15, -0.1) is 0 Å². The third-order valence-electron chi connectivity index (χ3n) is 7.26. The van der Waals surface area contributed by atoms with Gasteiger partial charge in [-0.1, -0.05) is 18.2 Å². The minimum absolute atomic E-state index is 0.178. The number of nitrogens with zero attached hydrogens (tertiary/aromatic N) is 5. The molecule has 6 nitrogen and oxygen atoms in total. The van der Waals surface area contributed by atoms with Gasteiger partial charge in [0.05, 0.1) is 17.1 Å². The second-order valence-electron chi connectivity index (χ2n) is 9.78. The van der Waals surface area contributed by atoms with Gasteiger partial charge in [-0.05, 0) is 79.2 Å². The number of pyridine rings is 1. The number of likely N-dealkylation sites (tertiary alicyclic amines) is 1. The smallest absolute Gasteiger partial charge is 0.0966 e. The molecule has 0 aliphatic carbocycles. The highest BCUT2D eigenvalue weighted by Crippen LogP contribution is 2.35. The summed E-state index contributed by atoms with van der Waals surface area (Å²) in [6, 6.07) is 17.5. The molecule has 6 rings (SSSR count). The van der Waals surface area contributed by atoms with E-state index >= 15 is 0 Å². The molecule has 0 bridgehead atoms. The van der Waals surface area contributed by atoms with Gasteiger partial charge < -0.3 is 14.8 Å². The van der Waals surface area contributed by atoms with E-state index in [9.17, 15) is 0 Å². The third kappa shape index (κ3) is 4.37. The molecule has 4 heterocycles. The van der Waals surface area contributed by atoms with Gasteiger partial charge in [0.1, 0.15) is 0 Å². The molecule has 2 aromatic carbocycles. The quantitative estimate of drug-likeness (QED) is 0.352. The van der Waals surface area contributed by atoms with Gasteiger partial charge in [0.25, 0.3) is 0 Å². The first-order chi connectivity index (χ1) is 17.1. The molecule has 1 saturated heterocycles. The second-order valence-corrected chi connectivity index (χ2v) is 9.78. The molecule has 6 heteroatoms. The molecular formula is C29H30N6. The van der Waals surface area contributed by atoms with Crippen molar-refractivity contribution in [2.24, 2.45) is 13.0 Å². The van der Waals surface area contributed by atoms with Crippen molar-refractivity contribution in [1.82, 2.24) is 24.4 Å². The monoisotopic (exact) mass is 462 g/mol. The van der Waals surface area contributed by atoms with E-state index in [1.54, 1.807) is 12.4 Å². The summed E-state index contributed by atoms with van der Waals surface area (Å²) in [6.07, 6.45) is 11.8. The molecule has 1 fully saturated rings. The zero-order valence-corrected chi connectivity index (χ0v) is 20.2. The van der Waals surface area contributed by atoms with Crippen LogP contribution in [-0.2, 0) is 7.05 Å². The lowest BCUT2D eigenvalue weighted by Crippen LogP contribution is -2.19. The van der Waals surface area contributed by atoms with E-state index in [1.807, 2.05) is 18.5 Å². The fourth-order valence-corrected chi connectivity index (χ4v) is 5.42. The Morgan fingerprint density at radius 1 is 1.03 bits per heavy atom. The van der Waals surface area contributed by atoms with Crippen molar-refractivity contribution in [2.45, 2.75) is 18.9 Å². The average Bonchev–Trinajstić information content (AvgIpc) is 3.48. The molecule has 176 valence electrons. The van der Waals surface area contributed by atoms with Crippen LogP contribution in [0.5, 0.6) is 0 Å². The van der Waals surface area contributed by atoms with Crippen LogP contribution in [0.3, 0.4) is 0 Å². The number of nitrogens with one attached hydrogen (secondary N) is 1. The maximum Gasteiger partial charge on any atom is 0.0966 e. The summed E-state index contributed by atoms with van der Waals surface area (Å²) in [4.78, 5) is 16.2. The van der Waals surface area contributed by atoms with Crippen molar-refractivity contribution in [2.75, 3.05) is 25.5 Å². The van der Waals surface area contributed by atoms with E-state index < -0.39 is 0 Å². The zero-order valence-electron chi connectivity index (χ0n) is 20.2. The molecule has 1 aliphatic rings. The maximum absolute atomic E-state index is 4.71. The summed E-state index contributed by atoms with van der Waals surface area (Å²) in [7, 11) is 4.30. The summed E-state index contributed by atoms with van der Waals surface area (Å²) < 4.78 is 2.16. The highest BCUT2D eigenvalue weighted by atomic mass is 15.1. The van der Waals surface area contributed by atoms with Crippen LogP contribution >= 0.6 is 0 Å². The first-order valence-electron chi connectivity index (χ1n) is 12.3. The minimum Gasteiger partial charge on any atom is -0.378 e. The molecule has 0 amide bonds. The second kappa shape index (κ2) is 9.12.